The van der Waals surface area contributed by atoms with Crippen molar-refractivity contribution >= 4 is 73.7 Å². The molecular formula is C26H21BrCl2N2O3S. The minimum atomic E-state index is -0.203. The van der Waals surface area contributed by atoms with Gasteiger partial charge in [-0.15, -0.1) is 0 Å². The Bertz CT molecular complexity index is 1330. The van der Waals surface area contributed by atoms with Crippen LogP contribution < -0.4 is 14.8 Å². The molecule has 0 atom stereocenters. The van der Waals surface area contributed by atoms with Gasteiger partial charge in [0.15, 0.2) is 16.7 Å². The number of ether oxygens (including phenoxy) is 2. The first-order valence-corrected chi connectivity index (χ1v) is 13.1. The van der Waals surface area contributed by atoms with Crippen LogP contribution in [0.25, 0.3) is 6.08 Å². The summed E-state index contributed by atoms with van der Waals surface area (Å²) in [5, 5.41) is 4.32. The number of halogens is 3. The molecule has 0 radical (unpaired) electrons. The van der Waals surface area contributed by atoms with Crippen LogP contribution in [0.2, 0.25) is 10.0 Å². The lowest BCUT2D eigenvalue weighted by Crippen LogP contribution is -2.19. The van der Waals surface area contributed by atoms with E-state index in [2.05, 4.69) is 26.2 Å². The van der Waals surface area contributed by atoms with Crippen molar-refractivity contribution in [1.29, 1.82) is 0 Å². The monoisotopic (exact) mass is 590 g/mol. The zero-order valence-electron chi connectivity index (χ0n) is 18.9. The van der Waals surface area contributed by atoms with Gasteiger partial charge in [-0.25, -0.2) is 4.99 Å². The molecule has 0 aliphatic carbocycles. The van der Waals surface area contributed by atoms with Crippen LogP contribution in [0.5, 0.6) is 11.5 Å². The number of amides is 1. The molecule has 1 heterocycles. The van der Waals surface area contributed by atoms with Gasteiger partial charge in [0.25, 0.3) is 5.91 Å². The number of hydrogen-bond donors (Lipinski definition) is 1. The van der Waals surface area contributed by atoms with Crippen molar-refractivity contribution in [3.05, 3.63) is 90.7 Å². The number of nitrogens with one attached hydrogen (secondary N) is 1. The summed E-state index contributed by atoms with van der Waals surface area (Å²) in [5.41, 5.74) is 3.59. The van der Waals surface area contributed by atoms with Gasteiger partial charge in [-0.3, -0.25) is 4.79 Å². The Kier molecular flexibility index (Phi) is 8.44. The number of aliphatic imine (C=N–C) groups is 1. The van der Waals surface area contributed by atoms with E-state index in [1.54, 1.807) is 18.2 Å². The molecule has 0 saturated carbocycles. The second-order valence-electron chi connectivity index (χ2n) is 7.61. The van der Waals surface area contributed by atoms with Gasteiger partial charge in [-0.2, -0.15) is 0 Å². The zero-order valence-corrected chi connectivity index (χ0v) is 22.8. The van der Waals surface area contributed by atoms with Gasteiger partial charge in [-0.05, 0) is 79.2 Å². The van der Waals surface area contributed by atoms with Crippen molar-refractivity contribution in [1.82, 2.24) is 5.32 Å². The third kappa shape index (κ3) is 6.61. The van der Waals surface area contributed by atoms with Crippen molar-refractivity contribution < 1.29 is 14.3 Å². The van der Waals surface area contributed by atoms with Crippen molar-refractivity contribution in [3.63, 3.8) is 0 Å². The van der Waals surface area contributed by atoms with E-state index in [0.717, 1.165) is 26.9 Å². The van der Waals surface area contributed by atoms with E-state index in [1.165, 1.54) is 11.8 Å². The molecule has 1 fully saturated rings. The molecule has 0 aromatic heterocycles. The van der Waals surface area contributed by atoms with Crippen molar-refractivity contribution in [2.45, 2.75) is 20.5 Å². The Morgan fingerprint density at radius 2 is 1.77 bits per heavy atom. The predicted molar refractivity (Wildman–Crippen MR) is 148 cm³/mol. The van der Waals surface area contributed by atoms with E-state index in [1.807, 2.05) is 56.3 Å². The highest BCUT2D eigenvalue weighted by atomic mass is 79.9. The Hall–Kier alpha value is -2.45. The number of hydrogen-bond acceptors (Lipinski definition) is 5. The fourth-order valence-electron chi connectivity index (χ4n) is 3.19. The van der Waals surface area contributed by atoms with Crippen molar-refractivity contribution in [2.75, 3.05) is 6.61 Å². The fraction of sp³-hybridized carbons (Fsp3) is 0.154. The number of rotatable bonds is 7. The molecule has 0 spiro atoms. The number of carbonyl (C=O) groups excluding carboxylic acids is 1. The molecule has 1 saturated heterocycles. The van der Waals surface area contributed by atoms with E-state index >= 15 is 0 Å². The van der Waals surface area contributed by atoms with E-state index in [0.29, 0.717) is 44.8 Å². The van der Waals surface area contributed by atoms with Crippen LogP contribution >= 0.6 is 50.9 Å². The van der Waals surface area contributed by atoms with Gasteiger partial charge in [0.1, 0.15) is 6.61 Å². The summed E-state index contributed by atoms with van der Waals surface area (Å²) < 4.78 is 12.6. The van der Waals surface area contributed by atoms with E-state index in [-0.39, 0.29) is 5.91 Å². The maximum absolute atomic E-state index is 12.6. The standard InChI is InChI=1S/C26H21BrCl2N2O3S/c1-3-33-22-11-17(19(27)13-23(22)34-14-16-6-9-20(28)21(29)10-16)12-24-25(32)31-26(35-24)30-18-7-4-15(2)5-8-18/h4-13H,3,14H2,1-2H3,(H,30,31,32)/b24-12+. The highest BCUT2D eigenvalue weighted by Gasteiger charge is 2.24. The number of amidine groups is 1. The van der Waals surface area contributed by atoms with Crippen LogP contribution in [0, 0.1) is 6.92 Å². The SMILES string of the molecule is CCOc1cc(/C=C2/SC(=Nc3ccc(C)cc3)NC2=O)c(Br)cc1OCc1ccc(Cl)c(Cl)c1. The molecule has 0 bridgehead atoms. The summed E-state index contributed by atoms with van der Waals surface area (Å²) in [7, 11) is 0. The lowest BCUT2D eigenvalue weighted by atomic mass is 10.1. The quantitative estimate of drug-likeness (QED) is 0.283. The van der Waals surface area contributed by atoms with Crippen LogP contribution in [-0.4, -0.2) is 17.7 Å². The first kappa shape index (κ1) is 25.6. The number of thioether (sulfide) groups is 1. The molecule has 5 nitrogen and oxygen atoms in total. The number of aryl methyl sites for hydroxylation is 1. The third-order valence-corrected chi connectivity index (χ3v) is 7.28. The molecule has 180 valence electrons. The summed E-state index contributed by atoms with van der Waals surface area (Å²) in [6, 6.07) is 16.8. The molecule has 1 aliphatic heterocycles. The summed E-state index contributed by atoms with van der Waals surface area (Å²) in [5.74, 6) is 0.933. The molecule has 4 rings (SSSR count). The first-order chi connectivity index (χ1) is 16.8. The van der Waals surface area contributed by atoms with Crippen LogP contribution in [0.4, 0.5) is 5.69 Å². The molecular weight excluding hydrogens is 571 g/mol. The van der Waals surface area contributed by atoms with Crippen molar-refractivity contribution in [2.24, 2.45) is 4.99 Å². The zero-order chi connectivity index (χ0) is 24.9. The predicted octanol–water partition coefficient (Wildman–Crippen LogP) is 7.93. The molecule has 1 aliphatic rings. The largest absolute Gasteiger partial charge is 0.490 e. The van der Waals surface area contributed by atoms with E-state index in [4.69, 9.17) is 32.7 Å². The smallest absolute Gasteiger partial charge is 0.264 e. The van der Waals surface area contributed by atoms with Gasteiger partial charge in [-0.1, -0.05) is 62.9 Å². The Morgan fingerprint density at radius 3 is 2.49 bits per heavy atom. The molecule has 9 heteroatoms. The lowest BCUT2D eigenvalue weighted by molar-refractivity contribution is -0.115. The highest BCUT2D eigenvalue weighted by molar-refractivity contribution is 9.10. The second kappa shape index (κ2) is 11.5. The average Bonchev–Trinajstić information content (AvgIpc) is 3.17. The van der Waals surface area contributed by atoms with Crippen LogP contribution in [0.15, 0.2) is 69.0 Å². The summed E-state index contributed by atoms with van der Waals surface area (Å²) in [6.45, 7) is 4.67. The van der Waals surface area contributed by atoms with Crippen LogP contribution in [-0.2, 0) is 11.4 Å². The number of carbonyl (C=O) groups is 1. The highest BCUT2D eigenvalue weighted by Crippen LogP contribution is 2.37. The first-order valence-electron chi connectivity index (χ1n) is 10.7. The minimum Gasteiger partial charge on any atom is -0.490 e. The Balaban J connectivity index is 1.55. The average molecular weight is 592 g/mol. The molecule has 0 unspecified atom stereocenters. The molecule has 3 aromatic rings. The minimum absolute atomic E-state index is 0.203. The number of benzene rings is 3. The van der Waals surface area contributed by atoms with E-state index in [9.17, 15) is 4.79 Å². The topological polar surface area (TPSA) is 59.9 Å². The second-order valence-corrected chi connectivity index (χ2v) is 10.3. The normalized spacial score (nSPS) is 15.5. The lowest BCUT2D eigenvalue weighted by Gasteiger charge is -2.14. The third-order valence-electron chi connectivity index (χ3n) is 4.94. The van der Waals surface area contributed by atoms with Crippen LogP contribution in [0.3, 0.4) is 0 Å². The Labute approximate surface area is 226 Å². The summed E-state index contributed by atoms with van der Waals surface area (Å²) >= 11 is 17.0. The van der Waals surface area contributed by atoms with Gasteiger partial charge >= 0.3 is 0 Å². The maximum Gasteiger partial charge on any atom is 0.264 e. The molecule has 1 N–H and O–H groups in total. The summed E-state index contributed by atoms with van der Waals surface area (Å²) in [6.07, 6.45) is 1.80. The summed E-state index contributed by atoms with van der Waals surface area (Å²) in [4.78, 5) is 17.6. The van der Waals surface area contributed by atoms with Gasteiger partial charge < -0.3 is 14.8 Å². The van der Waals surface area contributed by atoms with E-state index < -0.39 is 0 Å². The van der Waals surface area contributed by atoms with Gasteiger partial charge in [0.2, 0.25) is 0 Å². The molecule has 35 heavy (non-hydrogen) atoms. The van der Waals surface area contributed by atoms with Crippen molar-refractivity contribution in [3.8, 4) is 11.5 Å². The Morgan fingerprint density at radius 1 is 1.03 bits per heavy atom. The number of nitrogens with zero attached hydrogens (tertiary/aromatic N) is 1. The van der Waals surface area contributed by atoms with Gasteiger partial charge in [0, 0.05) is 4.47 Å². The molecule has 3 aromatic carbocycles. The van der Waals surface area contributed by atoms with Gasteiger partial charge in [0.05, 0.1) is 27.2 Å². The fourth-order valence-corrected chi connectivity index (χ4v) is 4.78. The molecule has 1 amide bonds. The maximum atomic E-state index is 12.6. The van der Waals surface area contributed by atoms with Crippen LogP contribution in [0.1, 0.15) is 23.6 Å².